The molecule has 3 heterocycles. The Hall–Kier alpha value is -2.32. The molecule has 0 unspecified atom stereocenters. The van der Waals surface area contributed by atoms with Crippen molar-refractivity contribution in [3.05, 3.63) is 93.0 Å². The van der Waals surface area contributed by atoms with Gasteiger partial charge in [0.05, 0.1) is 30.8 Å². The molecule has 2 aliphatic carbocycles. The molecular formula is C33H33Cl2NO5. The van der Waals surface area contributed by atoms with Crippen molar-refractivity contribution in [1.29, 1.82) is 0 Å². The van der Waals surface area contributed by atoms with Crippen LogP contribution in [0.1, 0.15) is 41.5 Å². The maximum Gasteiger partial charge on any atom is 0.207 e. The van der Waals surface area contributed by atoms with Gasteiger partial charge in [-0.25, -0.2) is 0 Å². The summed E-state index contributed by atoms with van der Waals surface area (Å²) in [6.07, 6.45) is 2.82. The second-order valence-corrected chi connectivity index (χ2v) is 12.8. The molecule has 0 N–H and O–H groups in total. The molecule has 2 saturated heterocycles. The van der Waals surface area contributed by atoms with Crippen molar-refractivity contribution >= 4 is 23.2 Å². The van der Waals surface area contributed by atoms with E-state index in [0.717, 1.165) is 48.4 Å². The van der Waals surface area contributed by atoms with E-state index in [-0.39, 0.29) is 12.1 Å². The Morgan fingerprint density at radius 3 is 2.46 bits per heavy atom. The second kappa shape index (κ2) is 9.60. The average molecular weight is 595 g/mol. The molecule has 3 aliphatic heterocycles. The quantitative estimate of drug-likeness (QED) is 0.333. The van der Waals surface area contributed by atoms with E-state index in [2.05, 4.69) is 36.2 Å². The summed E-state index contributed by atoms with van der Waals surface area (Å²) in [5.74, 6) is 0.750. The molecule has 8 rings (SSSR count). The zero-order chi connectivity index (χ0) is 27.8. The first-order valence-electron chi connectivity index (χ1n) is 14.5. The number of likely N-dealkylation sites (tertiary alicyclic amines) is 1. The van der Waals surface area contributed by atoms with Crippen LogP contribution in [0.4, 0.5) is 0 Å². The number of ether oxygens (including phenoxy) is 5. The van der Waals surface area contributed by atoms with Gasteiger partial charge >= 0.3 is 0 Å². The molecular weight excluding hydrogens is 561 g/mol. The minimum atomic E-state index is -0.820. The number of fused-ring (bicyclic) bond motifs is 1. The molecule has 2 spiro atoms. The molecule has 8 heteroatoms. The highest BCUT2D eigenvalue weighted by Crippen LogP contribution is 2.69. The van der Waals surface area contributed by atoms with Gasteiger partial charge in [0.25, 0.3) is 0 Å². The summed E-state index contributed by atoms with van der Waals surface area (Å²) < 4.78 is 33.7. The number of halogens is 2. The van der Waals surface area contributed by atoms with Crippen molar-refractivity contribution in [2.45, 2.75) is 67.8 Å². The van der Waals surface area contributed by atoms with E-state index in [1.165, 1.54) is 11.1 Å². The van der Waals surface area contributed by atoms with E-state index in [1.807, 2.05) is 36.4 Å². The monoisotopic (exact) mass is 593 g/mol. The summed E-state index contributed by atoms with van der Waals surface area (Å²) in [4.78, 5) is 2.46. The van der Waals surface area contributed by atoms with E-state index < -0.39 is 16.8 Å². The maximum atomic E-state index is 7.24. The molecule has 0 amide bonds. The Morgan fingerprint density at radius 1 is 0.902 bits per heavy atom. The van der Waals surface area contributed by atoms with Gasteiger partial charge in [0.2, 0.25) is 5.79 Å². The number of nitrogens with zero attached hydrogens (tertiary/aromatic N) is 1. The van der Waals surface area contributed by atoms with E-state index in [1.54, 1.807) is 0 Å². The summed E-state index contributed by atoms with van der Waals surface area (Å²) in [7, 11) is 2.21. The fourth-order valence-electron chi connectivity index (χ4n) is 8.45. The van der Waals surface area contributed by atoms with Crippen LogP contribution in [0.3, 0.4) is 0 Å². The van der Waals surface area contributed by atoms with Crippen molar-refractivity contribution in [2.24, 2.45) is 0 Å². The van der Waals surface area contributed by atoms with Crippen LogP contribution in [0.15, 0.2) is 60.7 Å². The number of piperidine rings is 1. The minimum absolute atomic E-state index is 0.150. The molecule has 0 aromatic heterocycles. The fourth-order valence-corrected chi connectivity index (χ4v) is 8.96. The highest BCUT2D eigenvalue weighted by Gasteiger charge is 2.78. The Labute approximate surface area is 250 Å². The highest BCUT2D eigenvalue weighted by atomic mass is 35.5. The molecule has 214 valence electrons. The molecule has 41 heavy (non-hydrogen) atoms. The minimum Gasteiger partial charge on any atom is -0.485 e. The molecule has 3 aromatic rings. The lowest BCUT2D eigenvalue weighted by Gasteiger charge is -2.66. The van der Waals surface area contributed by atoms with Gasteiger partial charge in [-0.1, -0.05) is 65.7 Å². The van der Waals surface area contributed by atoms with Crippen molar-refractivity contribution in [1.82, 2.24) is 4.90 Å². The van der Waals surface area contributed by atoms with Gasteiger partial charge in [0.15, 0.2) is 17.6 Å². The third-order valence-electron chi connectivity index (χ3n) is 10.2. The molecule has 2 bridgehead atoms. The molecule has 4 atom stereocenters. The summed E-state index contributed by atoms with van der Waals surface area (Å²) in [6.45, 7) is 2.82. The van der Waals surface area contributed by atoms with Gasteiger partial charge in [-0.15, -0.1) is 0 Å². The lowest BCUT2D eigenvalue weighted by atomic mass is 9.48. The van der Waals surface area contributed by atoms with Crippen LogP contribution in [0.5, 0.6) is 11.5 Å². The Bertz CT molecular complexity index is 1470. The standard InChI is InChI=1S/C33H33Cl2NO5/c1-36-15-14-31-28-22-10-11-26(37-19-21-6-3-2-4-7-21)29(28)41-30(31)33(38-16-17-39-33)13-12-32(31,27(36)18-22)40-20-23-24(34)8-5-9-25(23)35/h2-11,27,30H,12-20H2,1H3/t27-,30-,31+,32-/m1/s1. The smallest absolute Gasteiger partial charge is 0.207 e. The molecule has 3 aromatic carbocycles. The number of benzene rings is 3. The SMILES string of the molecule is CN1CC[C@]23c4c5ccc(OCc6ccccc6)c4O[C@H]2C2(CC[C@@]3(OCc3c(Cl)cccc3Cl)[C@H]1C5)OCCO2. The van der Waals surface area contributed by atoms with Gasteiger partial charge in [-0.3, -0.25) is 0 Å². The summed E-state index contributed by atoms with van der Waals surface area (Å²) in [5.41, 5.74) is 3.40. The zero-order valence-electron chi connectivity index (χ0n) is 23.0. The van der Waals surface area contributed by atoms with Crippen molar-refractivity contribution in [3.63, 3.8) is 0 Å². The third kappa shape index (κ3) is 3.65. The average Bonchev–Trinajstić information content (AvgIpc) is 3.60. The first-order valence-corrected chi connectivity index (χ1v) is 15.3. The third-order valence-corrected chi connectivity index (χ3v) is 10.9. The van der Waals surface area contributed by atoms with Crippen molar-refractivity contribution in [3.8, 4) is 11.5 Å². The number of hydrogen-bond donors (Lipinski definition) is 0. The van der Waals surface area contributed by atoms with E-state index in [0.29, 0.717) is 42.9 Å². The topological polar surface area (TPSA) is 49.4 Å². The number of hydrogen-bond acceptors (Lipinski definition) is 6. The Kier molecular flexibility index (Phi) is 6.16. The second-order valence-electron chi connectivity index (χ2n) is 12.0. The summed E-state index contributed by atoms with van der Waals surface area (Å²) in [6, 6.07) is 20.3. The molecule has 6 nitrogen and oxygen atoms in total. The van der Waals surface area contributed by atoms with Gasteiger partial charge < -0.3 is 28.6 Å². The van der Waals surface area contributed by atoms with E-state index in [9.17, 15) is 0 Å². The zero-order valence-corrected chi connectivity index (χ0v) is 24.5. The van der Waals surface area contributed by atoms with Gasteiger partial charge in [0, 0.05) is 33.6 Å². The van der Waals surface area contributed by atoms with Crippen LogP contribution in [-0.2, 0) is 39.3 Å². The molecule has 1 saturated carbocycles. The Balaban J connectivity index is 1.27. The van der Waals surface area contributed by atoms with Gasteiger partial charge in [-0.2, -0.15) is 0 Å². The van der Waals surface area contributed by atoms with Crippen molar-refractivity contribution in [2.75, 3.05) is 26.8 Å². The predicted molar refractivity (Wildman–Crippen MR) is 156 cm³/mol. The van der Waals surface area contributed by atoms with Crippen LogP contribution >= 0.6 is 23.2 Å². The largest absolute Gasteiger partial charge is 0.485 e. The predicted octanol–water partition coefficient (Wildman–Crippen LogP) is 6.32. The highest BCUT2D eigenvalue weighted by molar-refractivity contribution is 6.35. The van der Waals surface area contributed by atoms with Crippen LogP contribution in [0.2, 0.25) is 10.0 Å². The van der Waals surface area contributed by atoms with Crippen LogP contribution in [0.25, 0.3) is 0 Å². The van der Waals surface area contributed by atoms with E-state index in [4.69, 9.17) is 46.9 Å². The lowest BCUT2D eigenvalue weighted by molar-refractivity contribution is -0.307. The van der Waals surface area contributed by atoms with Crippen molar-refractivity contribution < 1.29 is 23.7 Å². The van der Waals surface area contributed by atoms with Crippen LogP contribution in [0, 0.1) is 0 Å². The first kappa shape index (κ1) is 26.3. The van der Waals surface area contributed by atoms with Crippen LogP contribution in [-0.4, -0.2) is 55.2 Å². The van der Waals surface area contributed by atoms with Crippen LogP contribution < -0.4 is 9.47 Å². The lowest BCUT2D eigenvalue weighted by Crippen LogP contribution is -2.79. The molecule has 3 fully saturated rings. The summed E-state index contributed by atoms with van der Waals surface area (Å²) >= 11 is 13.3. The summed E-state index contributed by atoms with van der Waals surface area (Å²) in [5, 5.41) is 1.24. The van der Waals surface area contributed by atoms with Gasteiger partial charge in [-0.05, 0) is 62.2 Å². The Morgan fingerprint density at radius 2 is 1.68 bits per heavy atom. The number of rotatable bonds is 6. The fraction of sp³-hybridized carbons (Fsp3) is 0.455. The van der Waals surface area contributed by atoms with Gasteiger partial charge in [0.1, 0.15) is 6.61 Å². The first-order chi connectivity index (χ1) is 20.0. The normalized spacial score (nSPS) is 30.7. The molecule has 5 aliphatic rings. The molecule has 0 radical (unpaired) electrons. The number of likely N-dealkylation sites (N-methyl/N-ethyl adjacent to an activating group) is 1. The van der Waals surface area contributed by atoms with E-state index >= 15 is 0 Å². The maximum absolute atomic E-state index is 7.24.